The highest BCUT2D eigenvalue weighted by Crippen LogP contribution is 2.15. The Hall–Kier alpha value is -1.88. The summed E-state index contributed by atoms with van der Waals surface area (Å²) in [7, 11) is 0. The number of rotatable bonds is 2. The molecule has 1 aliphatic rings. The Morgan fingerprint density at radius 1 is 1.38 bits per heavy atom. The molecule has 5 nitrogen and oxygen atoms in total. The molecule has 1 amide bonds. The van der Waals surface area contributed by atoms with Crippen molar-refractivity contribution < 1.29 is 19.4 Å². The maximum absolute atomic E-state index is 11.6. The first-order chi connectivity index (χ1) is 7.68. The molecule has 1 heterocycles. The van der Waals surface area contributed by atoms with Gasteiger partial charge in [0, 0.05) is 6.54 Å². The van der Waals surface area contributed by atoms with Crippen molar-refractivity contribution in [1.29, 1.82) is 0 Å². The smallest absolute Gasteiger partial charge is 0.319 e. The molecule has 0 radical (unpaired) electrons. The molecule has 2 atom stereocenters. The summed E-state index contributed by atoms with van der Waals surface area (Å²) in [5.74, 6) is -1.56. The lowest BCUT2D eigenvalue weighted by Crippen LogP contribution is -2.31. The quantitative estimate of drug-likeness (QED) is 0.531. The molecule has 2 N–H and O–H groups in total. The molecule has 0 bridgehead atoms. The van der Waals surface area contributed by atoms with E-state index in [-0.39, 0.29) is 6.54 Å². The number of amides is 1. The molecule has 1 aromatic carbocycles. The molecule has 2 unspecified atom stereocenters. The lowest BCUT2D eigenvalue weighted by Gasteiger charge is -2.10. The highest BCUT2D eigenvalue weighted by atomic mass is 16.5. The minimum atomic E-state index is -1.31. The van der Waals surface area contributed by atoms with Gasteiger partial charge in [0.15, 0.2) is 0 Å². The molecule has 1 fully saturated rings. The van der Waals surface area contributed by atoms with Gasteiger partial charge in [-0.1, -0.05) is 18.2 Å². The van der Waals surface area contributed by atoms with Crippen molar-refractivity contribution in [2.75, 3.05) is 6.54 Å². The van der Waals surface area contributed by atoms with E-state index in [2.05, 4.69) is 5.32 Å². The van der Waals surface area contributed by atoms with Gasteiger partial charge in [0.25, 0.3) is 0 Å². The highest BCUT2D eigenvalue weighted by Gasteiger charge is 2.39. The first-order valence-corrected chi connectivity index (χ1v) is 4.91. The number of esters is 1. The zero-order valence-corrected chi connectivity index (χ0v) is 8.42. The van der Waals surface area contributed by atoms with Gasteiger partial charge in [-0.15, -0.1) is 0 Å². The first kappa shape index (κ1) is 10.6. The molecule has 0 aliphatic carbocycles. The third-order valence-corrected chi connectivity index (χ3v) is 2.41. The Kier molecular flexibility index (Phi) is 2.87. The third kappa shape index (κ3) is 2.04. The van der Waals surface area contributed by atoms with Crippen LogP contribution >= 0.6 is 0 Å². The van der Waals surface area contributed by atoms with Crippen molar-refractivity contribution in [2.45, 2.75) is 6.10 Å². The third-order valence-electron chi connectivity index (χ3n) is 2.41. The molecule has 84 valence electrons. The predicted octanol–water partition coefficient (Wildman–Crippen LogP) is -0.301. The van der Waals surface area contributed by atoms with E-state index >= 15 is 0 Å². The monoisotopic (exact) mass is 221 g/mol. The summed E-state index contributed by atoms with van der Waals surface area (Å²) in [6.07, 6.45) is -1.31. The largest absolute Gasteiger partial charge is 0.426 e. The van der Waals surface area contributed by atoms with Crippen LogP contribution in [0.5, 0.6) is 5.75 Å². The average molecular weight is 221 g/mol. The van der Waals surface area contributed by atoms with Gasteiger partial charge >= 0.3 is 5.97 Å². The Morgan fingerprint density at radius 3 is 2.62 bits per heavy atom. The molecular formula is C11H11NO4. The molecule has 0 aromatic heterocycles. The lowest BCUT2D eigenvalue weighted by atomic mass is 10.1. The minimum absolute atomic E-state index is 0.117. The second kappa shape index (κ2) is 4.32. The Bertz CT molecular complexity index is 404. The number of hydrogen-bond donors (Lipinski definition) is 2. The molecule has 5 heteroatoms. The van der Waals surface area contributed by atoms with Crippen molar-refractivity contribution in [3.05, 3.63) is 30.3 Å². The molecule has 0 saturated carbocycles. The van der Waals surface area contributed by atoms with E-state index in [1.807, 2.05) is 0 Å². The topological polar surface area (TPSA) is 75.6 Å². The number of nitrogens with one attached hydrogen (secondary N) is 1. The molecule has 1 aliphatic heterocycles. The van der Waals surface area contributed by atoms with Crippen molar-refractivity contribution >= 4 is 11.9 Å². The van der Waals surface area contributed by atoms with Crippen molar-refractivity contribution in [3.63, 3.8) is 0 Å². The van der Waals surface area contributed by atoms with Crippen LogP contribution in [0.25, 0.3) is 0 Å². The SMILES string of the molecule is O=C1NCC(C(=O)Oc2ccccc2)C1O. The summed E-state index contributed by atoms with van der Waals surface area (Å²) in [5.41, 5.74) is 0. The summed E-state index contributed by atoms with van der Waals surface area (Å²) < 4.78 is 5.03. The van der Waals surface area contributed by atoms with E-state index in [0.717, 1.165) is 0 Å². The number of para-hydroxylation sites is 1. The van der Waals surface area contributed by atoms with Gasteiger partial charge in [-0.05, 0) is 12.1 Å². The van der Waals surface area contributed by atoms with Crippen molar-refractivity contribution in [3.8, 4) is 5.75 Å². The molecular weight excluding hydrogens is 210 g/mol. The highest BCUT2D eigenvalue weighted by molar-refractivity contribution is 5.91. The van der Waals surface area contributed by atoms with Crippen LogP contribution in [0.4, 0.5) is 0 Å². The Morgan fingerprint density at radius 2 is 2.06 bits per heavy atom. The van der Waals surface area contributed by atoms with Crippen LogP contribution in [0.2, 0.25) is 0 Å². The van der Waals surface area contributed by atoms with Gasteiger partial charge in [0.05, 0.1) is 0 Å². The maximum atomic E-state index is 11.6. The number of ether oxygens (including phenoxy) is 1. The maximum Gasteiger partial charge on any atom is 0.319 e. The average Bonchev–Trinajstić information content (AvgIpc) is 2.61. The van der Waals surface area contributed by atoms with Gasteiger partial charge < -0.3 is 15.2 Å². The van der Waals surface area contributed by atoms with Crippen LogP contribution in [0.3, 0.4) is 0 Å². The number of carbonyl (C=O) groups excluding carboxylic acids is 2. The fourth-order valence-electron chi connectivity index (χ4n) is 1.50. The second-order valence-corrected chi connectivity index (χ2v) is 3.53. The fourth-order valence-corrected chi connectivity index (χ4v) is 1.50. The van der Waals surface area contributed by atoms with Crippen LogP contribution in [0.1, 0.15) is 0 Å². The second-order valence-electron chi connectivity index (χ2n) is 3.53. The molecule has 1 saturated heterocycles. The van der Waals surface area contributed by atoms with E-state index in [4.69, 9.17) is 4.74 Å². The summed E-state index contributed by atoms with van der Waals surface area (Å²) in [6.45, 7) is 0.117. The van der Waals surface area contributed by atoms with E-state index in [0.29, 0.717) is 5.75 Å². The van der Waals surface area contributed by atoms with Crippen LogP contribution in [-0.4, -0.2) is 29.6 Å². The summed E-state index contributed by atoms with van der Waals surface area (Å²) in [6, 6.07) is 8.53. The Balaban J connectivity index is 2.02. The van der Waals surface area contributed by atoms with Gasteiger partial charge in [-0.25, -0.2) is 0 Å². The van der Waals surface area contributed by atoms with Crippen LogP contribution < -0.4 is 10.1 Å². The lowest BCUT2D eigenvalue weighted by molar-refractivity contribution is -0.144. The number of aliphatic hydroxyl groups excluding tert-OH is 1. The number of benzene rings is 1. The zero-order valence-electron chi connectivity index (χ0n) is 8.42. The van der Waals surface area contributed by atoms with Crippen molar-refractivity contribution in [2.24, 2.45) is 5.92 Å². The first-order valence-electron chi connectivity index (χ1n) is 4.91. The van der Waals surface area contributed by atoms with Gasteiger partial charge in [0.2, 0.25) is 5.91 Å². The van der Waals surface area contributed by atoms with E-state index < -0.39 is 23.9 Å². The molecule has 2 rings (SSSR count). The fraction of sp³-hybridized carbons (Fsp3) is 0.273. The van der Waals surface area contributed by atoms with E-state index in [9.17, 15) is 14.7 Å². The van der Waals surface area contributed by atoms with Crippen LogP contribution in [0, 0.1) is 5.92 Å². The minimum Gasteiger partial charge on any atom is -0.426 e. The van der Waals surface area contributed by atoms with Crippen molar-refractivity contribution in [1.82, 2.24) is 5.32 Å². The summed E-state index contributed by atoms with van der Waals surface area (Å²) in [4.78, 5) is 22.6. The summed E-state index contributed by atoms with van der Waals surface area (Å²) >= 11 is 0. The molecule has 1 aromatic rings. The van der Waals surface area contributed by atoms with Gasteiger partial charge in [0.1, 0.15) is 17.8 Å². The number of hydrogen-bond acceptors (Lipinski definition) is 4. The molecule has 0 spiro atoms. The number of aliphatic hydroxyl groups is 1. The number of carbonyl (C=O) groups is 2. The van der Waals surface area contributed by atoms with Gasteiger partial charge in [-0.2, -0.15) is 0 Å². The zero-order chi connectivity index (χ0) is 11.5. The van der Waals surface area contributed by atoms with Crippen LogP contribution in [-0.2, 0) is 9.59 Å². The van der Waals surface area contributed by atoms with Gasteiger partial charge in [-0.3, -0.25) is 9.59 Å². The van der Waals surface area contributed by atoms with E-state index in [1.165, 1.54) is 0 Å². The molecule has 16 heavy (non-hydrogen) atoms. The Labute approximate surface area is 92.0 Å². The predicted molar refractivity (Wildman–Crippen MR) is 54.6 cm³/mol. The van der Waals surface area contributed by atoms with Crippen LogP contribution in [0.15, 0.2) is 30.3 Å². The van der Waals surface area contributed by atoms with E-state index in [1.54, 1.807) is 30.3 Å². The summed E-state index contributed by atoms with van der Waals surface area (Å²) in [5, 5.41) is 11.8. The normalized spacial score (nSPS) is 23.9. The standard InChI is InChI=1S/C11H11NO4/c13-9-8(6-12-10(9)14)11(15)16-7-4-2-1-3-5-7/h1-5,8-9,13H,6H2,(H,12,14).